The fourth-order valence-electron chi connectivity index (χ4n) is 4.90. The quantitative estimate of drug-likeness (QED) is 0.391. The molecule has 1 aromatic heterocycles. The molecule has 2 amide bonds. The van der Waals surface area contributed by atoms with Gasteiger partial charge in [-0.3, -0.25) is 9.59 Å². The largest absolute Gasteiger partial charge is 0.432 e. The topological polar surface area (TPSA) is 79.8 Å². The lowest BCUT2D eigenvalue weighted by Crippen LogP contribution is -2.57. The van der Waals surface area contributed by atoms with E-state index in [0.717, 1.165) is 17.4 Å². The van der Waals surface area contributed by atoms with Gasteiger partial charge in [0.15, 0.2) is 5.83 Å². The van der Waals surface area contributed by atoms with E-state index in [4.69, 9.17) is 28.0 Å². The number of carbonyl (C=O) groups is 2. The van der Waals surface area contributed by atoms with Gasteiger partial charge < -0.3 is 15.5 Å². The number of amides is 2. The summed E-state index contributed by atoms with van der Waals surface area (Å²) in [7, 11) is 0. The third-order valence-electron chi connectivity index (χ3n) is 6.83. The van der Waals surface area contributed by atoms with Crippen LogP contribution in [0.1, 0.15) is 51.9 Å². The highest BCUT2D eigenvalue weighted by molar-refractivity contribution is 7.16. The third-order valence-corrected chi connectivity index (χ3v) is 8.72. The van der Waals surface area contributed by atoms with Gasteiger partial charge in [-0.05, 0) is 36.8 Å². The summed E-state index contributed by atoms with van der Waals surface area (Å²) in [5, 5.41) is 7.09. The van der Waals surface area contributed by atoms with E-state index in [0.29, 0.717) is 35.3 Å². The fourth-order valence-corrected chi connectivity index (χ4v) is 6.98. The molecule has 1 aromatic rings. The summed E-state index contributed by atoms with van der Waals surface area (Å²) < 4.78 is 82.4. The average molecular weight is 604 g/mol. The van der Waals surface area contributed by atoms with Gasteiger partial charge in [0, 0.05) is 11.8 Å². The molecule has 0 saturated heterocycles. The Balaban J connectivity index is 1.60. The van der Waals surface area contributed by atoms with Crippen LogP contribution in [-0.2, 0) is 22.5 Å². The van der Waals surface area contributed by atoms with Crippen molar-refractivity contribution in [2.75, 3.05) is 13.1 Å². The molecule has 1 aliphatic heterocycles. The first-order valence-corrected chi connectivity index (χ1v) is 13.0. The van der Waals surface area contributed by atoms with Crippen molar-refractivity contribution in [1.29, 1.82) is 0 Å². The Bertz CT molecular complexity index is 1260. The number of hydrogen-bond acceptors (Lipinski definition) is 5. The zero-order chi connectivity index (χ0) is 28.0. The Morgan fingerprint density at radius 1 is 1.18 bits per heavy atom. The fraction of sp³-hybridized carbons (Fsp3) is 0.522. The number of thiophene rings is 1. The van der Waals surface area contributed by atoms with Crippen molar-refractivity contribution in [3.8, 4) is 0 Å². The van der Waals surface area contributed by atoms with E-state index in [1.54, 1.807) is 0 Å². The molecular weight excluding hydrogens is 583 g/mol. The van der Waals surface area contributed by atoms with Crippen LogP contribution in [0.15, 0.2) is 27.1 Å². The SMILES string of the molecule is CC1([C@]2(C(F)(F)F)CC(c3sc(C(=O)NCC(=O)NCC(F)F)c4c3CCC4)=NO2)C=C(Cl)C(F)=C(Cl)C1. The number of allylic oxidation sites excluding steroid dienone is 3. The summed E-state index contributed by atoms with van der Waals surface area (Å²) in [6, 6.07) is 0. The predicted molar refractivity (Wildman–Crippen MR) is 129 cm³/mol. The highest BCUT2D eigenvalue weighted by Gasteiger charge is 2.70. The van der Waals surface area contributed by atoms with Crippen molar-refractivity contribution < 1.29 is 40.8 Å². The summed E-state index contributed by atoms with van der Waals surface area (Å²) >= 11 is 12.7. The van der Waals surface area contributed by atoms with E-state index < -0.39 is 77.3 Å². The molecule has 1 unspecified atom stereocenters. The molecule has 0 radical (unpaired) electrons. The minimum atomic E-state index is -4.96. The molecule has 0 spiro atoms. The van der Waals surface area contributed by atoms with Crippen molar-refractivity contribution >= 4 is 52.1 Å². The molecule has 6 nitrogen and oxygen atoms in total. The summed E-state index contributed by atoms with van der Waals surface area (Å²) in [6.45, 7) is -0.195. The van der Waals surface area contributed by atoms with E-state index in [2.05, 4.69) is 10.5 Å². The number of alkyl halides is 5. The number of carbonyl (C=O) groups excluding carboxylic acids is 2. The Labute approximate surface area is 227 Å². The van der Waals surface area contributed by atoms with Gasteiger partial charge in [-0.15, -0.1) is 11.3 Å². The van der Waals surface area contributed by atoms with Crippen molar-refractivity contribution in [1.82, 2.24) is 10.6 Å². The van der Waals surface area contributed by atoms with Gasteiger partial charge >= 0.3 is 6.18 Å². The summed E-state index contributed by atoms with van der Waals surface area (Å²) in [4.78, 5) is 30.2. The van der Waals surface area contributed by atoms with Crippen molar-refractivity contribution in [2.45, 2.75) is 57.2 Å². The number of halogens is 8. The number of oxime groups is 1. The van der Waals surface area contributed by atoms with Crippen molar-refractivity contribution in [2.24, 2.45) is 10.6 Å². The summed E-state index contributed by atoms with van der Waals surface area (Å²) in [6.07, 6.45) is -6.40. The maximum atomic E-state index is 14.6. The number of nitrogens with one attached hydrogen (secondary N) is 2. The second-order valence-electron chi connectivity index (χ2n) is 9.39. The monoisotopic (exact) mass is 603 g/mol. The minimum absolute atomic E-state index is 0.0314. The number of fused-ring (bicyclic) bond motifs is 1. The van der Waals surface area contributed by atoms with Gasteiger partial charge in [-0.2, -0.15) is 13.2 Å². The second kappa shape index (κ2) is 10.4. The van der Waals surface area contributed by atoms with Crippen LogP contribution >= 0.6 is 34.5 Å². The van der Waals surface area contributed by atoms with E-state index in [1.807, 2.05) is 5.32 Å². The lowest BCUT2D eigenvalue weighted by atomic mass is 9.66. The zero-order valence-electron chi connectivity index (χ0n) is 19.7. The highest BCUT2D eigenvalue weighted by Crippen LogP contribution is 2.58. The van der Waals surface area contributed by atoms with Gasteiger partial charge in [-0.25, -0.2) is 13.2 Å². The Hall–Kier alpha value is -2.25. The van der Waals surface area contributed by atoms with Crippen LogP contribution in [0, 0.1) is 5.41 Å². The Morgan fingerprint density at radius 2 is 1.87 bits per heavy atom. The minimum Gasteiger partial charge on any atom is -0.378 e. The highest BCUT2D eigenvalue weighted by atomic mass is 35.5. The molecule has 4 rings (SSSR count). The van der Waals surface area contributed by atoms with Crippen LogP contribution in [0.5, 0.6) is 0 Å². The first kappa shape index (κ1) is 28.8. The van der Waals surface area contributed by atoms with Crippen LogP contribution in [0.4, 0.5) is 26.3 Å². The van der Waals surface area contributed by atoms with Crippen LogP contribution in [0.3, 0.4) is 0 Å². The van der Waals surface area contributed by atoms with Gasteiger partial charge in [0.05, 0.1) is 32.9 Å². The normalized spacial score (nSPS) is 25.2. The molecule has 3 aliphatic rings. The second-order valence-corrected chi connectivity index (χ2v) is 11.3. The number of nitrogens with zero attached hydrogens (tertiary/aromatic N) is 1. The number of hydrogen-bond donors (Lipinski definition) is 2. The van der Waals surface area contributed by atoms with E-state index in [1.165, 1.54) is 6.92 Å². The van der Waals surface area contributed by atoms with E-state index in [-0.39, 0.29) is 10.6 Å². The van der Waals surface area contributed by atoms with Crippen LogP contribution < -0.4 is 10.6 Å². The first-order valence-electron chi connectivity index (χ1n) is 11.4. The molecule has 15 heteroatoms. The van der Waals surface area contributed by atoms with E-state index in [9.17, 15) is 35.9 Å². The molecular formula is C23H21Cl2F6N3O3S. The standard InChI is InChI=1S/C23H21Cl2F6N3O3S/c1-21(5-12(24)17(28)13(25)6-21)22(23(29,30)31)7-14(34-37-22)18-10-3-2-4-11(10)19(38-18)20(36)33-9-16(35)32-8-15(26)27/h5,15H,2-4,6-9H2,1H3,(H,32,35)(H,33,36)/t21?,22-/m0/s1. The van der Waals surface area contributed by atoms with Crippen molar-refractivity contribution in [3.63, 3.8) is 0 Å². The summed E-state index contributed by atoms with van der Waals surface area (Å²) in [5.41, 5.74) is -3.55. The van der Waals surface area contributed by atoms with Gasteiger partial charge in [0.1, 0.15) is 5.71 Å². The molecule has 2 heterocycles. The van der Waals surface area contributed by atoms with E-state index >= 15 is 0 Å². The average Bonchev–Trinajstić information content (AvgIpc) is 3.55. The van der Waals surface area contributed by atoms with Gasteiger partial charge in [0.2, 0.25) is 11.5 Å². The molecule has 0 fully saturated rings. The Morgan fingerprint density at radius 3 is 2.50 bits per heavy atom. The predicted octanol–water partition coefficient (Wildman–Crippen LogP) is 5.73. The molecule has 2 aliphatic carbocycles. The van der Waals surface area contributed by atoms with Crippen LogP contribution in [0.25, 0.3) is 0 Å². The molecule has 208 valence electrons. The van der Waals surface area contributed by atoms with Crippen molar-refractivity contribution in [3.05, 3.63) is 42.8 Å². The van der Waals surface area contributed by atoms with Gasteiger partial charge in [0.25, 0.3) is 12.3 Å². The molecule has 38 heavy (non-hydrogen) atoms. The Kier molecular flexibility index (Phi) is 7.85. The maximum absolute atomic E-state index is 14.6. The molecule has 2 N–H and O–H groups in total. The lowest BCUT2D eigenvalue weighted by molar-refractivity contribution is -0.300. The molecule has 0 aromatic carbocycles. The lowest BCUT2D eigenvalue weighted by Gasteiger charge is -2.44. The van der Waals surface area contributed by atoms with Crippen LogP contribution in [0.2, 0.25) is 0 Å². The molecule has 0 bridgehead atoms. The molecule has 0 saturated carbocycles. The van der Waals surface area contributed by atoms with Gasteiger partial charge in [-0.1, -0.05) is 41.4 Å². The summed E-state index contributed by atoms with van der Waals surface area (Å²) in [5.74, 6) is -2.47. The maximum Gasteiger partial charge on any atom is 0.432 e. The number of rotatable bonds is 7. The zero-order valence-corrected chi connectivity index (χ0v) is 22.0. The molecule has 2 atom stereocenters. The van der Waals surface area contributed by atoms with Crippen LogP contribution in [-0.4, -0.2) is 48.8 Å². The first-order chi connectivity index (χ1) is 17.7. The smallest absolute Gasteiger partial charge is 0.378 e. The third kappa shape index (κ3) is 5.04.